The van der Waals surface area contributed by atoms with Gasteiger partial charge in [0.25, 0.3) is 0 Å². The van der Waals surface area contributed by atoms with Gasteiger partial charge in [-0.3, -0.25) is 0 Å². The summed E-state index contributed by atoms with van der Waals surface area (Å²) in [5, 5.41) is 12.7. The second-order valence-corrected chi connectivity index (χ2v) is 3.65. The highest BCUT2D eigenvalue weighted by atomic mass is 35.5. The molecule has 0 bridgehead atoms. The lowest BCUT2D eigenvalue weighted by Crippen LogP contribution is -2.20. The molecule has 78 valence electrons. The predicted molar refractivity (Wildman–Crippen MR) is 59.8 cm³/mol. The van der Waals surface area contributed by atoms with E-state index in [0.29, 0.717) is 15.7 Å². The molecule has 0 aromatic heterocycles. The molecule has 1 rings (SSSR count). The van der Waals surface area contributed by atoms with Gasteiger partial charge < -0.3 is 16.2 Å². The van der Waals surface area contributed by atoms with Gasteiger partial charge in [-0.2, -0.15) is 0 Å². The average Bonchev–Trinajstić information content (AvgIpc) is 2.19. The first-order chi connectivity index (χ1) is 6.61. The second kappa shape index (κ2) is 4.84. The molecule has 0 radical (unpaired) electrons. The molecule has 0 saturated heterocycles. The van der Waals surface area contributed by atoms with E-state index in [2.05, 4.69) is 5.32 Å². The summed E-state index contributed by atoms with van der Waals surface area (Å²) in [6.07, 6.45) is 0. The molecule has 0 aliphatic rings. The van der Waals surface area contributed by atoms with Crippen molar-refractivity contribution in [1.82, 2.24) is 5.32 Å². The van der Waals surface area contributed by atoms with Crippen molar-refractivity contribution in [3.05, 3.63) is 27.7 Å². The Hall–Kier alpha value is -0.480. The molecule has 3 nitrogen and oxygen atoms in total. The quantitative estimate of drug-likeness (QED) is 0.700. The molecule has 1 aromatic carbocycles. The SMILES string of the molecule is CNC(CO)c1ccc(N)c(Cl)c1Cl. The first kappa shape index (κ1) is 11.6. The van der Waals surface area contributed by atoms with Gasteiger partial charge in [0.05, 0.1) is 28.4 Å². The van der Waals surface area contributed by atoms with Crippen LogP contribution in [0.3, 0.4) is 0 Å². The lowest BCUT2D eigenvalue weighted by Gasteiger charge is -2.16. The zero-order valence-corrected chi connectivity index (χ0v) is 9.23. The Morgan fingerprint density at radius 3 is 2.57 bits per heavy atom. The summed E-state index contributed by atoms with van der Waals surface area (Å²) in [4.78, 5) is 0. The largest absolute Gasteiger partial charge is 0.397 e. The van der Waals surface area contributed by atoms with Gasteiger partial charge in [0.2, 0.25) is 0 Å². The molecule has 0 spiro atoms. The molecular formula is C9H12Cl2N2O. The molecule has 0 heterocycles. The number of halogens is 2. The number of hydrogen-bond donors (Lipinski definition) is 3. The van der Waals surface area contributed by atoms with Crippen molar-refractivity contribution in [3.63, 3.8) is 0 Å². The number of anilines is 1. The highest BCUT2D eigenvalue weighted by molar-refractivity contribution is 6.44. The molecule has 5 heteroatoms. The zero-order chi connectivity index (χ0) is 10.7. The summed E-state index contributed by atoms with van der Waals surface area (Å²) in [5.74, 6) is 0. The molecule has 14 heavy (non-hydrogen) atoms. The van der Waals surface area contributed by atoms with Crippen LogP contribution >= 0.6 is 23.2 Å². The van der Waals surface area contributed by atoms with Gasteiger partial charge in [0, 0.05) is 0 Å². The van der Waals surface area contributed by atoms with Crippen molar-refractivity contribution >= 4 is 28.9 Å². The van der Waals surface area contributed by atoms with E-state index in [1.54, 1.807) is 19.2 Å². The van der Waals surface area contributed by atoms with Crippen LogP contribution in [0.25, 0.3) is 0 Å². The van der Waals surface area contributed by atoms with E-state index in [0.717, 1.165) is 5.56 Å². The fourth-order valence-electron chi connectivity index (χ4n) is 1.19. The highest BCUT2D eigenvalue weighted by Crippen LogP contribution is 2.33. The number of hydrogen-bond acceptors (Lipinski definition) is 3. The van der Waals surface area contributed by atoms with Gasteiger partial charge in [-0.05, 0) is 18.7 Å². The standard InChI is InChI=1S/C9H12Cl2N2O/c1-13-7(4-14)5-2-3-6(12)9(11)8(5)10/h2-3,7,13-14H,4,12H2,1H3. The van der Waals surface area contributed by atoms with E-state index in [-0.39, 0.29) is 12.6 Å². The van der Waals surface area contributed by atoms with Crippen LogP contribution in [0.15, 0.2) is 12.1 Å². The number of rotatable bonds is 3. The maximum Gasteiger partial charge on any atom is 0.0824 e. The molecule has 0 saturated carbocycles. The Kier molecular flexibility index (Phi) is 4.01. The fraction of sp³-hybridized carbons (Fsp3) is 0.333. The lowest BCUT2D eigenvalue weighted by atomic mass is 10.1. The third-order valence-corrected chi connectivity index (χ3v) is 2.96. The zero-order valence-electron chi connectivity index (χ0n) is 7.72. The van der Waals surface area contributed by atoms with Gasteiger partial charge in [-0.1, -0.05) is 29.3 Å². The maximum absolute atomic E-state index is 9.07. The van der Waals surface area contributed by atoms with E-state index in [1.807, 2.05) is 0 Å². The van der Waals surface area contributed by atoms with Gasteiger partial charge in [-0.15, -0.1) is 0 Å². The van der Waals surface area contributed by atoms with Gasteiger partial charge in [0.15, 0.2) is 0 Å². The predicted octanol–water partition coefficient (Wildman–Crippen LogP) is 1.83. The lowest BCUT2D eigenvalue weighted by molar-refractivity contribution is 0.251. The number of aliphatic hydroxyl groups is 1. The smallest absolute Gasteiger partial charge is 0.0824 e. The Morgan fingerprint density at radius 1 is 1.43 bits per heavy atom. The minimum atomic E-state index is -0.222. The molecule has 0 aliphatic heterocycles. The highest BCUT2D eigenvalue weighted by Gasteiger charge is 2.15. The topological polar surface area (TPSA) is 58.3 Å². The summed E-state index contributed by atoms with van der Waals surface area (Å²) >= 11 is 11.9. The van der Waals surface area contributed by atoms with Crippen molar-refractivity contribution in [2.75, 3.05) is 19.4 Å². The van der Waals surface area contributed by atoms with Crippen LogP contribution in [0, 0.1) is 0 Å². The Balaban J connectivity index is 3.16. The van der Waals surface area contributed by atoms with E-state index in [1.165, 1.54) is 0 Å². The number of aliphatic hydroxyl groups excluding tert-OH is 1. The number of likely N-dealkylation sites (N-methyl/N-ethyl adjacent to an activating group) is 1. The van der Waals surface area contributed by atoms with Crippen LogP contribution < -0.4 is 11.1 Å². The molecule has 0 amide bonds. The molecule has 1 atom stereocenters. The fourth-order valence-corrected chi connectivity index (χ4v) is 1.67. The molecular weight excluding hydrogens is 223 g/mol. The van der Waals surface area contributed by atoms with Crippen molar-refractivity contribution in [2.45, 2.75) is 6.04 Å². The van der Waals surface area contributed by atoms with E-state index in [9.17, 15) is 0 Å². The number of nitrogens with one attached hydrogen (secondary N) is 1. The number of benzene rings is 1. The van der Waals surface area contributed by atoms with Gasteiger partial charge in [-0.25, -0.2) is 0 Å². The second-order valence-electron chi connectivity index (χ2n) is 2.90. The summed E-state index contributed by atoms with van der Waals surface area (Å²) in [5.41, 5.74) is 6.76. The monoisotopic (exact) mass is 234 g/mol. The van der Waals surface area contributed by atoms with Gasteiger partial charge in [0.1, 0.15) is 0 Å². The van der Waals surface area contributed by atoms with E-state index < -0.39 is 0 Å². The summed E-state index contributed by atoms with van der Waals surface area (Å²) in [7, 11) is 1.74. The van der Waals surface area contributed by atoms with Crippen LogP contribution in [0.2, 0.25) is 10.0 Å². The number of nitrogens with two attached hydrogens (primary N) is 1. The normalized spacial score (nSPS) is 12.9. The van der Waals surface area contributed by atoms with Crippen molar-refractivity contribution in [3.8, 4) is 0 Å². The number of nitrogen functional groups attached to an aromatic ring is 1. The van der Waals surface area contributed by atoms with Crippen molar-refractivity contribution < 1.29 is 5.11 Å². The maximum atomic E-state index is 9.07. The van der Waals surface area contributed by atoms with Crippen LogP contribution in [0.5, 0.6) is 0 Å². The first-order valence-electron chi connectivity index (χ1n) is 4.13. The van der Waals surface area contributed by atoms with Crippen molar-refractivity contribution in [1.29, 1.82) is 0 Å². The van der Waals surface area contributed by atoms with E-state index in [4.69, 9.17) is 34.0 Å². The summed E-state index contributed by atoms with van der Waals surface area (Å²) in [6.45, 7) is -0.0452. The minimum Gasteiger partial charge on any atom is -0.397 e. The Bertz CT molecular complexity index is 327. The molecule has 0 aliphatic carbocycles. The minimum absolute atomic E-state index is 0.0452. The Labute approximate surface area is 92.8 Å². The summed E-state index contributed by atoms with van der Waals surface area (Å²) < 4.78 is 0. The molecule has 1 aromatic rings. The third-order valence-electron chi connectivity index (χ3n) is 2.05. The summed E-state index contributed by atoms with van der Waals surface area (Å²) in [6, 6.07) is 3.20. The van der Waals surface area contributed by atoms with E-state index >= 15 is 0 Å². The molecule has 4 N–H and O–H groups in total. The van der Waals surface area contributed by atoms with Crippen LogP contribution in [-0.4, -0.2) is 18.8 Å². The first-order valence-corrected chi connectivity index (χ1v) is 4.89. The molecule has 0 fully saturated rings. The van der Waals surface area contributed by atoms with Crippen LogP contribution in [0.1, 0.15) is 11.6 Å². The van der Waals surface area contributed by atoms with Gasteiger partial charge >= 0.3 is 0 Å². The average molecular weight is 235 g/mol. The van der Waals surface area contributed by atoms with Crippen LogP contribution in [0.4, 0.5) is 5.69 Å². The Morgan fingerprint density at radius 2 is 2.07 bits per heavy atom. The van der Waals surface area contributed by atoms with Crippen molar-refractivity contribution in [2.24, 2.45) is 0 Å². The molecule has 1 unspecified atom stereocenters. The van der Waals surface area contributed by atoms with Crippen LogP contribution in [-0.2, 0) is 0 Å². The third kappa shape index (κ3) is 2.12.